The number of hydrogen-bond acceptors (Lipinski definition) is 4. The van der Waals surface area contributed by atoms with E-state index in [9.17, 15) is 4.79 Å². The van der Waals surface area contributed by atoms with Gasteiger partial charge in [-0.2, -0.15) is 0 Å². The highest BCUT2D eigenvalue weighted by Gasteiger charge is 2.38. The second-order valence-electron chi connectivity index (χ2n) is 5.98. The molecule has 0 radical (unpaired) electrons. The van der Waals surface area contributed by atoms with Crippen LogP contribution < -0.4 is 11.1 Å². The van der Waals surface area contributed by atoms with Crippen molar-refractivity contribution in [3.05, 3.63) is 0 Å². The van der Waals surface area contributed by atoms with E-state index in [0.717, 1.165) is 25.8 Å². The zero-order chi connectivity index (χ0) is 15.0. The molecule has 0 aromatic heterocycles. The normalized spacial score (nSPS) is 19.2. The molecule has 5 heteroatoms. The van der Waals surface area contributed by atoms with Crippen LogP contribution >= 0.6 is 0 Å². The molecule has 0 bridgehead atoms. The van der Waals surface area contributed by atoms with Crippen LogP contribution in [0.5, 0.6) is 0 Å². The standard InChI is InChI=1S/C15H31N3O2/c1-4-9-18(15(12-16)7-5-6-8-15)10-14(19)17-13(2)11-20-3/h13H,4-12,16H2,1-3H3,(H,17,19). The van der Waals surface area contributed by atoms with E-state index in [-0.39, 0.29) is 17.5 Å². The second-order valence-corrected chi connectivity index (χ2v) is 5.98. The van der Waals surface area contributed by atoms with E-state index >= 15 is 0 Å². The molecule has 1 atom stereocenters. The van der Waals surface area contributed by atoms with Crippen LogP contribution in [0.1, 0.15) is 46.0 Å². The first kappa shape index (κ1) is 17.4. The number of methoxy groups -OCH3 is 1. The summed E-state index contributed by atoms with van der Waals surface area (Å²) in [7, 11) is 1.65. The van der Waals surface area contributed by atoms with Gasteiger partial charge < -0.3 is 15.8 Å². The van der Waals surface area contributed by atoms with E-state index in [4.69, 9.17) is 10.5 Å². The van der Waals surface area contributed by atoms with E-state index < -0.39 is 0 Å². The number of rotatable bonds is 9. The molecule has 0 aromatic rings. The average molecular weight is 285 g/mol. The lowest BCUT2D eigenvalue weighted by Gasteiger charge is -2.40. The Morgan fingerprint density at radius 2 is 2.10 bits per heavy atom. The molecular formula is C15H31N3O2. The van der Waals surface area contributed by atoms with Gasteiger partial charge in [0.05, 0.1) is 13.2 Å². The number of carbonyl (C=O) groups is 1. The number of ether oxygens (including phenoxy) is 1. The monoisotopic (exact) mass is 285 g/mol. The largest absolute Gasteiger partial charge is 0.383 e. The van der Waals surface area contributed by atoms with Gasteiger partial charge in [-0.1, -0.05) is 19.8 Å². The maximum atomic E-state index is 12.2. The number of carbonyl (C=O) groups excluding carboxylic acids is 1. The zero-order valence-corrected chi connectivity index (χ0v) is 13.3. The van der Waals surface area contributed by atoms with E-state index in [1.165, 1.54) is 12.8 Å². The van der Waals surface area contributed by atoms with Gasteiger partial charge in [0, 0.05) is 25.2 Å². The van der Waals surface area contributed by atoms with Gasteiger partial charge in [0.1, 0.15) is 0 Å². The maximum absolute atomic E-state index is 12.2. The summed E-state index contributed by atoms with van der Waals surface area (Å²) in [6.07, 6.45) is 5.72. The Bertz CT molecular complexity index is 291. The molecule has 20 heavy (non-hydrogen) atoms. The Labute approximate surface area is 123 Å². The lowest BCUT2D eigenvalue weighted by Crippen LogP contribution is -2.56. The fourth-order valence-corrected chi connectivity index (χ4v) is 3.22. The quantitative estimate of drug-likeness (QED) is 0.666. The molecule has 0 saturated heterocycles. The first-order valence-electron chi connectivity index (χ1n) is 7.81. The number of amides is 1. The molecule has 1 rings (SSSR count). The second kappa shape index (κ2) is 8.60. The molecule has 1 fully saturated rings. The Hall–Kier alpha value is -0.650. The van der Waals surface area contributed by atoms with Crippen molar-refractivity contribution in [1.29, 1.82) is 0 Å². The van der Waals surface area contributed by atoms with Crippen molar-refractivity contribution in [2.45, 2.75) is 57.5 Å². The van der Waals surface area contributed by atoms with Crippen molar-refractivity contribution in [2.24, 2.45) is 5.73 Å². The summed E-state index contributed by atoms with van der Waals surface area (Å²) in [6.45, 7) is 6.68. The predicted octanol–water partition coefficient (Wildman–Crippen LogP) is 1.12. The van der Waals surface area contributed by atoms with Crippen molar-refractivity contribution in [1.82, 2.24) is 10.2 Å². The molecule has 0 heterocycles. The molecule has 1 amide bonds. The van der Waals surface area contributed by atoms with Crippen LogP contribution in [0.25, 0.3) is 0 Å². The van der Waals surface area contributed by atoms with Crippen LogP contribution in [-0.4, -0.2) is 55.7 Å². The van der Waals surface area contributed by atoms with Gasteiger partial charge in [-0.3, -0.25) is 9.69 Å². The van der Waals surface area contributed by atoms with Gasteiger partial charge in [0.15, 0.2) is 0 Å². The lowest BCUT2D eigenvalue weighted by atomic mass is 9.94. The van der Waals surface area contributed by atoms with E-state index in [0.29, 0.717) is 19.7 Å². The van der Waals surface area contributed by atoms with E-state index in [1.54, 1.807) is 7.11 Å². The minimum absolute atomic E-state index is 0.0395. The van der Waals surface area contributed by atoms with Crippen molar-refractivity contribution in [2.75, 3.05) is 33.4 Å². The number of nitrogens with one attached hydrogen (secondary N) is 1. The smallest absolute Gasteiger partial charge is 0.234 e. The molecule has 0 spiro atoms. The predicted molar refractivity (Wildman–Crippen MR) is 81.6 cm³/mol. The summed E-state index contributed by atoms with van der Waals surface area (Å²) < 4.78 is 5.05. The summed E-state index contributed by atoms with van der Waals surface area (Å²) in [5, 5.41) is 2.99. The molecule has 5 nitrogen and oxygen atoms in total. The molecule has 0 aromatic carbocycles. The van der Waals surface area contributed by atoms with Crippen molar-refractivity contribution in [3.8, 4) is 0 Å². The van der Waals surface area contributed by atoms with Crippen molar-refractivity contribution >= 4 is 5.91 Å². The highest BCUT2D eigenvalue weighted by Crippen LogP contribution is 2.34. The number of nitrogens with zero attached hydrogens (tertiary/aromatic N) is 1. The highest BCUT2D eigenvalue weighted by atomic mass is 16.5. The molecule has 118 valence electrons. The van der Waals surface area contributed by atoms with Gasteiger partial charge in [0.25, 0.3) is 0 Å². The Morgan fingerprint density at radius 1 is 1.45 bits per heavy atom. The Morgan fingerprint density at radius 3 is 2.60 bits per heavy atom. The fourth-order valence-electron chi connectivity index (χ4n) is 3.22. The van der Waals surface area contributed by atoms with Crippen LogP contribution in [-0.2, 0) is 9.53 Å². The third kappa shape index (κ3) is 4.72. The summed E-state index contributed by atoms with van der Waals surface area (Å²) in [6, 6.07) is 0.0494. The van der Waals surface area contributed by atoms with Crippen LogP contribution in [0.2, 0.25) is 0 Å². The molecule has 1 unspecified atom stereocenters. The maximum Gasteiger partial charge on any atom is 0.234 e. The molecule has 1 saturated carbocycles. The molecule has 3 N–H and O–H groups in total. The van der Waals surface area contributed by atoms with Crippen LogP contribution in [0.4, 0.5) is 0 Å². The van der Waals surface area contributed by atoms with Gasteiger partial charge in [-0.05, 0) is 32.7 Å². The number of nitrogens with two attached hydrogens (primary N) is 1. The zero-order valence-electron chi connectivity index (χ0n) is 13.3. The third-order valence-corrected chi connectivity index (χ3v) is 4.24. The van der Waals surface area contributed by atoms with Gasteiger partial charge >= 0.3 is 0 Å². The summed E-state index contributed by atoms with van der Waals surface area (Å²) in [5.74, 6) is 0.0720. The first-order chi connectivity index (χ1) is 9.57. The minimum atomic E-state index is 0.0395. The molecule has 1 aliphatic carbocycles. The van der Waals surface area contributed by atoms with Gasteiger partial charge in [0.2, 0.25) is 5.91 Å². The van der Waals surface area contributed by atoms with Crippen LogP contribution in [0.15, 0.2) is 0 Å². The van der Waals surface area contributed by atoms with Crippen molar-refractivity contribution in [3.63, 3.8) is 0 Å². The summed E-state index contributed by atoms with van der Waals surface area (Å²) in [4.78, 5) is 14.5. The van der Waals surface area contributed by atoms with Crippen molar-refractivity contribution < 1.29 is 9.53 Å². The summed E-state index contributed by atoms with van der Waals surface area (Å²) >= 11 is 0. The number of hydrogen-bond donors (Lipinski definition) is 2. The molecule has 0 aliphatic heterocycles. The highest BCUT2D eigenvalue weighted by molar-refractivity contribution is 5.78. The van der Waals surface area contributed by atoms with E-state index in [2.05, 4.69) is 17.1 Å². The first-order valence-corrected chi connectivity index (χ1v) is 7.81. The molecular weight excluding hydrogens is 254 g/mol. The Balaban J connectivity index is 2.59. The van der Waals surface area contributed by atoms with Crippen LogP contribution in [0.3, 0.4) is 0 Å². The molecule has 1 aliphatic rings. The Kier molecular flexibility index (Phi) is 7.48. The van der Waals surface area contributed by atoms with Gasteiger partial charge in [-0.15, -0.1) is 0 Å². The third-order valence-electron chi connectivity index (χ3n) is 4.24. The SMILES string of the molecule is CCCN(CC(=O)NC(C)COC)C1(CN)CCCC1. The summed E-state index contributed by atoms with van der Waals surface area (Å²) in [5.41, 5.74) is 6.07. The average Bonchev–Trinajstić information content (AvgIpc) is 2.88. The van der Waals surface area contributed by atoms with Crippen LogP contribution in [0, 0.1) is 0 Å². The van der Waals surface area contributed by atoms with Gasteiger partial charge in [-0.25, -0.2) is 0 Å². The minimum Gasteiger partial charge on any atom is -0.383 e. The fraction of sp³-hybridized carbons (Fsp3) is 0.933. The van der Waals surface area contributed by atoms with E-state index in [1.807, 2.05) is 6.92 Å². The topological polar surface area (TPSA) is 67.6 Å². The lowest BCUT2D eigenvalue weighted by molar-refractivity contribution is -0.124.